The number of likely N-dealkylation sites (tertiary alicyclic amines) is 1. The van der Waals surface area contributed by atoms with Crippen molar-refractivity contribution in [3.05, 3.63) is 28.2 Å². The number of hydrogen-bond acceptors (Lipinski definition) is 2. The molecule has 0 spiro atoms. The molecule has 3 rings (SSSR count). The molecule has 0 radical (unpaired) electrons. The zero-order valence-corrected chi connectivity index (χ0v) is 15.1. The van der Waals surface area contributed by atoms with Crippen molar-refractivity contribution in [2.45, 2.75) is 38.5 Å². The van der Waals surface area contributed by atoms with Crippen molar-refractivity contribution >= 4 is 40.7 Å². The van der Waals surface area contributed by atoms with Crippen LogP contribution in [-0.4, -0.2) is 29.8 Å². The maximum absolute atomic E-state index is 12.5. The van der Waals surface area contributed by atoms with E-state index in [0.717, 1.165) is 51.6 Å². The smallest absolute Gasteiger partial charge is 0.227 e. The second-order valence-corrected chi connectivity index (χ2v) is 7.48. The molecule has 0 atom stereocenters. The summed E-state index contributed by atoms with van der Waals surface area (Å²) in [6.45, 7) is 1.79. The Bertz CT molecular complexity index is 601. The van der Waals surface area contributed by atoms with E-state index in [1.165, 1.54) is 0 Å². The Morgan fingerprint density at radius 1 is 0.958 bits per heavy atom. The summed E-state index contributed by atoms with van der Waals surface area (Å²) in [5, 5.41) is 3.73. The van der Waals surface area contributed by atoms with Crippen LogP contribution in [0.2, 0.25) is 10.0 Å². The molecule has 1 N–H and O–H groups in total. The second-order valence-electron chi connectivity index (χ2n) is 6.67. The Hall–Kier alpha value is -1.26. The van der Waals surface area contributed by atoms with Gasteiger partial charge in [-0.05, 0) is 50.7 Å². The van der Waals surface area contributed by atoms with Crippen LogP contribution in [0.1, 0.15) is 38.5 Å². The van der Waals surface area contributed by atoms with Gasteiger partial charge in [0.2, 0.25) is 11.8 Å². The van der Waals surface area contributed by atoms with Gasteiger partial charge in [0.15, 0.2) is 0 Å². The Morgan fingerprint density at radius 2 is 1.50 bits per heavy atom. The van der Waals surface area contributed by atoms with Crippen molar-refractivity contribution < 1.29 is 9.59 Å². The van der Waals surface area contributed by atoms with Crippen molar-refractivity contribution in [2.24, 2.45) is 11.8 Å². The average Bonchev–Trinajstić information content (AvgIpc) is 3.12. The number of carbonyl (C=O) groups excluding carboxylic acids is 2. The highest BCUT2D eigenvalue weighted by molar-refractivity contribution is 6.39. The van der Waals surface area contributed by atoms with Crippen LogP contribution in [0.25, 0.3) is 0 Å². The highest BCUT2D eigenvalue weighted by Crippen LogP contribution is 2.34. The lowest BCUT2D eigenvalue weighted by molar-refractivity contribution is -0.136. The van der Waals surface area contributed by atoms with Crippen LogP contribution in [0.3, 0.4) is 0 Å². The number of nitrogens with one attached hydrogen (secondary N) is 1. The summed E-state index contributed by atoms with van der Waals surface area (Å²) in [6, 6.07) is 5.15. The fourth-order valence-corrected chi connectivity index (χ4v) is 4.13. The number of para-hydroxylation sites is 1. The number of benzene rings is 1. The predicted octanol–water partition coefficient (Wildman–Crippen LogP) is 4.36. The molecular weight excluding hydrogens is 347 g/mol. The first kappa shape index (κ1) is 17.6. The largest absolute Gasteiger partial charge is 0.342 e. The summed E-state index contributed by atoms with van der Waals surface area (Å²) in [6.07, 6.45) is 5.26. The third kappa shape index (κ3) is 3.86. The van der Waals surface area contributed by atoms with E-state index in [2.05, 4.69) is 5.32 Å². The molecule has 2 aliphatic rings. The summed E-state index contributed by atoms with van der Waals surface area (Å²) in [7, 11) is 0. The van der Waals surface area contributed by atoms with Gasteiger partial charge in [-0.15, -0.1) is 0 Å². The van der Waals surface area contributed by atoms with Gasteiger partial charge in [0.25, 0.3) is 0 Å². The lowest BCUT2D eigenvalue weighted by Gasteiger charge is -2.30. The van der Waals surface area contributed by atoms with Gasteiger partial charge in [-0.1, -0.05) is 29.3 Å². The number of amides is 2. The van der Waals surface area contributed by atoms with E-state index in [-0.39, 0.29) is 23.7 Å². The van der Waals surface area contributed by atoms with Gasteiger partial charge in [0.1, 0.15) is 0 Å². The van der Waals surface area contributed by atoms with Crippen molar-refractivity contribution in [1.82, 2.24) is 4.90 Å². The highest BCUT2D eigenvalue weighted by atomic mass is 35.5. The standard InChI is InChI=1S/C18H22Cl2N2O2/c19-14-4-3-5-15(20)16(14)21-17(23)12-6-8-13(9-7-12)18(24)22-10-1-2-11-22/h3-5,12-13H,1-2,6-11H2,(H,21,23). The third-order valence-corrected chi connectivity index (χ3v) is 5.71. The lowest BCUT2D eigenvalue weighted by atomic mass is 9.81. The van der Waals surface area contributed by atoms with Gasteiger partial charge >= 0.3 is 0 Å². The Balaban J connectivity index is 1.54. The van der Waals surface area contributed by atoms with Crippen molar-refractivity contribution in [3.63, 3.8) is 0 Å². The first-order chi connectivity index (χ1) is 11.6. The van der Waals surface area contributed by atoms with Crippen LogP contribution >= 0.6 is 23.2 Å². The number of rotatable bonds is 3. The third-order valence-electron chi connectivity index (χ3n) is 5.08. The topological polar surface area (TPSA) is 49.4 Å². The molecule has 1 aliphatic carbocycles. The maximum Gasteiger partial charge on any atom is 0.227 e. The molecule has 2 amide bonds. The zero-order valence-electron chi connectivity index (χ0n) is 13.6. The van der Waals surface area contributed by atoms with Gasteiger partial charge in [-0.2, -0.15) is 0 Å². The molecule has 1 aromatic rings. The molecule has 1 aromatic carbocycles. The van der Waals surface area contributed by atoms with E-state index in [0.29, 0.717) is 15.7 Å². The van der Waals surface area contributed by atoms with Crippen LogP contribution in [-0.2, 0) is 9.59 Å². The van der Waals surface area contributed by atoms with E-state index >= 15 is 0 Å². The van der Waals surface area contributed by atoms with Crippen LogP contribution in [0.15, 0.2) is 18.2 Å². The first-order valence-electron chi connectivity index (χ1n) is 8.60. The SMILES string of the molecule is O=C(Nc1c(Cl)cccc1Cl)C1CCC(C(=O)N2CCCC2)CC1. The Labute approximate surface area is 152 Å². The van der Waals surface area contributed by atoms with Crippen molar-refractivity contribution in [2.75, 3.05) is 18.4 Å². The molecule has 2 fully saturated rings. The van der Waals surface area contributed by atoms with Crippen molar-refractivity contribution in [1.29, 1.82) is 0 Å². The quantitative estimate of drug-likeness (QED) is 0.861. The molecule has 4 nitrogen and oxygen atoms in total. The summed E-state index contributed by atoms with van der Waals surface area (Å²) >= 11 is 12.2. The molecule has 1 saturated carbocycles. The Morgan fingerprint density at radius 3 is 2.08 bits per heavy atom. The first-order valence-corrected chi connectivity index (χ1v) is 9.35. The summed E-state index contributed by atoms with van der Waals surface area (Å²) < 4.78 is 0. The molecule has 24 heavy (non-hydrogen) atoms. The van der Waals surface area contributed by atoms with Crippen molar-refractivity contribution in [3.8, 4) is 0 Å². The van der Waals surface area contributed by atoms with E-state index in [9.17, 15) is 9.59 Å². The van der Waals surface area contributed by atoms with Crippen LogP contribution in [0.4, 0.5) is 5.69 Å². The zero-order chi connectivity index (χ0) is 17.1. The average molecular weight is 369 g/mol. The highest BCUT2D eigenvalue weighted by Gasteiger charge is 2.33. The molecule has 1 saturated heterocycles. The minimum absolute atomic E-state index is 0.0583. The van der Waals surface area contributed by atoms with Gasteiger partial charge in [-0.3, -0.25) is 9.59 Å². The number of hydrogen-bond donors (Lipinski definition) is 1. The minimum atomic E-state index is -0.0834. The monoisotopic (exact) mass is 368 g/mol. The van der Waals surface area contributed by atoms with Crippen LogP contribution in [0.5, 0.6) is 0 Å². The number of halogens is 2. The molecule has 0 aromatic heterocycles. The fourth-order valence-electron chi connectivity index (χ4n) is 3.64. The molecule has 0 unspecified atom stereocenters. The van der Waals surface area contributed by atoms with E-state index < -0.39 is 0 Å². The normalized spacial score (nSPS) is 24.0. The van der Waals surface area contributed by atoms with E-state index in [1.807, 2.05) is 4.90 Å². The van der Waals surface area contributed by atoms with E-state index in [4.69, 9.17) is 23.2 Å². The van der Waals surface area contributed by atoms with Crippen LogP contribution < -0.4 is 5.32 Å². The molecule has 130 valence electrons. The second kappa shape index (κ2) is 7.75. The van der Waals surface area contributed by atoms with E-state index in [1.54, 1.807) is 18.2 Å². The number of nitrogens with zero attached hydrogens (tertiary/aromatic N) is 1. The predicted molar refractivity (Wildman–Crippen MR) is 96.4 cm³/mol. The van der Waals surface area contributed by atoms with Gasteiger partial charge in [0, 0.05) is 24.9 Å². The maximum atomic E-state index is 12.5. The molecule has 1 aliphatic heterocycles. The van der Waals surface area contributed by atoms with Gasteiger partial charge in [0.05, 0.1) is 15.7 Å². The van der Waals surface area contributed by atoms with Gasteiger partial charge in [-0.25, -0.2) is 0 Å². The Kier molecular flexibility index (Phi) is 5.67. The molecule has 1 heterocycles. The minimum Gasteiger partial charge on any atom is -0.342 e. The number of anilines is 1. The molecule has 0 bridgehead atoms. The lowest BCUT2D eigenvalue weighted by Crippen LogP contribution is -2.37. The summed E-state index contributed by atoms with van der Waals surface area (Å²) in [4.78, 5) is 26.9. The van der Waals surface area contributed by atoms with Crippen LogP contribution in [0, 0.1) is 11.8 Å². The summed E-state index contributed by atoms with van der Waals surface area (Å²) in [5.74, 6) is 0.216. The summed E-state index contributed by atoms with van der Waals surface area (Å²) in [5.41, 5.74) is 0.473. The number of carbonyl (C=O) groups is 2. The molecular formula is C18H22Cl2N2O2. The van der Waals surface area contributed by atoms with Gasteiger partial charge < -0.3 is 10.2 Å². The fraction of sp³-hybridized carbons (Fsp3) is 0.556. The molecule has 6 heteroatoms.